The summed E-state index contributed by atoms with van der Waals surface area (Å²) >= 11 is 4.51. The van der Waals surface area contributed by atoms with Gasteiger partial charge in [-0.15, -0.1) is 11.3 Å². The number of anilines is 2. The van der Waals surface area contributed by atoms with Crippen LogP contribution in [-0.4, -0.2) is 10.8 Å². The first-order chi connectivity index (χ1) is 10.5. The Labute approximate surface area is 138 Å². The summed E-state index contributed by atoms with van der Waals surface area (Å²) in [4.78, 5) is 17.7. The maximum absolute atomic E-state index is 12.6. The number of ketones is 1. The van der Waals surface area contributed by atoms with Gasteiger partial charge in [0.1, 0.15) is 21.6 Å². The minimum absolute atomic E-state index is 0.138. The molecule has 0 aliphatic carbocycles. The second-order valence-electron chi connectivity index (χ2n) is 4.57. The minimum Gasteiger partial charge on any atom is -0.397 e. The fraction of sp³-hybridized carbons (Fsp3) is 0. The first-order valence-electron chi connectivity index (χ1n) is 6.20. The third-order valence-electron chi connectivity index (χ3n) is 3.18. The van der Waals surface area contributed by atoms with Gasteiger partial charge in [0.15, 0.2) is 0 Å². The lowest BCUT2D eigenvalue weighted by Crippen LogP contribution is -2.01. The van der Waals surface area contributed by atoms with Crippen LogP contribution in [0.4, 0.5) is 11.5 Å². The van der Waals surface area contributed by atoms with Gasteiger partial charge in [-0.05, 0) is 30.3 Å². The molecule has 2 aromatic heterocycles. The number of aromatic nitrogens is 1. The molecule has 0 unspecified atom stereocenters. The van der Waals surface area contributed by atoms with Gasteiger partial charge in [-0.25, -0.2) is 4.98 Å². The number of hydrogen-bond acceptors (Lipinski definition) is 6. The quantitative estimate of drug-likeness (QED) is 0.671. The van der Waals surface area contributed by atoms with Crippen molar-refractivity contribution in [3.8, 4) is 6.07 Å². The van der Waals surface area contributed by atoms with Crippen LogP contribution in [0.3, 0.4) is 0 Å². The highest BCUT2D eigenvalue weighted by Crippen LogP contribution is 2.35. The lowest BCUT2D eigenvalue weighted by molar-refractivity contribution is 0.104. The van der Waals surface area contributed by atoms with E-state index in [0.717, 1.165) is 4.47 Å². The van der Waals surface area contributed by atoms with Crippen molar-refractivity contribution in [2.45, 2.75) is 0 Å². The molecule has 5 nitrogen and oxygen atoms in total. The summed E-state index contributed by atoms with van der Waals surface area (Å²) in [6, 6.07) is 10.6. The molecule has 0 saturated heterocycles. The van der Waals surface area contributed by atoms with E-state index >= 15 is 0 Å². The van der Waals surface area contributed by atoms with Crippen molar-refractivity contribution in [2.75, 3.05) is 11.5 Å². The number of carbonyl (C=O) groups is 1. The molecule has 1 aromatic carbocycles. The minimum atomic E-state index is -0.176. The van der Waals surface area contributed by atoms with Crippen LogP contribution in [0.1, 0.15) is 20.8 Å². The Hall–Kier alpha value is -2.43. The number of nitrogen functional groups attached to an aromatic ring is 2. The highest BCUT2D eigenvalue weighted by Gasteiger charge is 2.20. The van der Waals surface area contributed by atoms with Gasteiger partial charge in [-0.3, -0.25) is 4.79 Å². The summed E-state index contributed by atoms with van der Waals surface area (Å²) in [6.45, 7) is 0. The molecule has 2 heterocycles. The van der Waals surface area contributed by atoms with E-state index in [4.69, 9.17) is 16.7 Å². The Bertz CT molecular complexity index is 941. The van der Waals surface area contributed by atoms with Crippen molar-refractivity contribution >= 4 is 54.8 Å². The number of thiophene rings is 1. The third-order valence-corrected chi connectivity index (χ3v) is 4.83. The molecular weight excluding hydrogens is 364 g/mol. The van der Waals surface area contributed by atoms with Gasteiger partial charge in [0.2, 0.25) is 5.78 Å². The number of benzene rings is 1. The van der Waals surface area contributed by atoms with Crippen LogP contribution in [0, 0.1) is 11.3 Å². The predicted molar refractivity (Wildman–Crippen MR) is 90.7 cm³/mol. The van der Waals surface area contributed by atoms with E-state index in [1.165, 1.54) is 11.3 Å². The molecule has 0 radical (unpaired) electrons. The number of nitrogens with zero attached hydrogens (tertiary/aromatic N) is 2. The standard InChI is InChI=1S/C15H9BrN4OS/c16-9-3-1-7(2-4-9)12(21)13-11(18)10-5-8(6-17)14(19)20-15(10)22-13/h1-5H,18H2,(H2,19,20). The van der Waals surface area contributed by atoms with Crippen molar-refractivity contribution in [2.24, 2.45) is 0 Å². The topological polar surface area (TPSA) is 106 Å². The number of halogens is 1. The second-order valence-corrected chi connectivity index (χ2v) is 6.48. The fourth-order valence-electron chi connectivity index (χ4n) is 2.05. The molecule has 0 spiro atoms. The van der Waals surface area contributed by atoms with E-state index in [9.17, 15) is 4.79 Å². The van der Waals surface area contributed by atoms with Gasteiger partial charge in [0, 0.05) is 15.4 Å². The largest absolute Gasteiger partial charge is 0.397 e. The smallest absolute Gasteiger partial charge is 0.205 e. The molecule has 7 heteroatoms. The zero-order chi connectivity index (χ0) is 15.9. The van der Waals surface area contributed by atoms with Crippen LogP contribution in [0.5, 0.6) is 0 Å². The number of hydrogen-bond donors (Lipinski definition) is 2. The molecule has 3 aromatic rings. The second kappa shape index (κ2) is 5.40. The summed E-state index contributed by atoms with van der Waals surface area (Å²) in [6.07, 6.45) is 0. The summed E-state index contributed by atoms with van der Waals surface area (Å²) in [7, 11) is 0. The van der Waals surface area contributed by atoms with E-state index in [1.54, 1.807) is 30.3 Å². The van der Waals surface area contributed by atoms with E-state index in [-0.39, 0.29) is 17.2 Å². The third kappa shape index (κ3) is 2.32. The lowest BCUT2D eigenvalue weighted by Gasteiger charge is -2.00. The van der Waals surface area contributed by atoms with Crippen molar-refractivity contribution in [3.63, 3.8) is 0 Å². The molecule has 0 saturated carbocycles. The Balaban J connectivity index is 2.15. The summed E-state index contributed by atoms with van der Waals surface area (Å²) in [5.74, 6) is -0.0380. The normalized spacial score (nSPS) is 10.5. The highest BCUT2D eigenvalue weighted by atomic mass is 79.9. The number of nitriles is 1. The first kappa shape index (κ1) is 14.5. The predicted octanol–water partition coefficient (Wildman–Crippen LogP) is 3.33. The van der Waals surface area contributed by atoms with Gasteiger partial charge in [0.05, 0.1) is 11.3 Å². The Morgan fingerprint density at radius 2 is 1.95 bits per heavy atom. The molecule has 3 rings (SSSR count). The van der Waals surface area contributed by atoms with E-state index in [1.807, 2.05) is 6.07 Å². The molecule has 0 aliphatic rings. The van der Waals surface area contributed by atoms with Crippen LogP contribution in [0.2, 0.25) is 0 Å². The van der Waals surface area contributed by atoms with E-state index in [0.29, 0.717) is 26.3 Å². The van der Waals surface area contributed by atoms with Gasteiger partial charge in [-0.2, -0.15) is 5.26 Å². The van der Waals surface area contributed by atoms with Crippen LogP contribution < -0.4 is 11.5 Å². The summed E-state index contributed by atoms with van der Waals surface area (Å²) < 4.78 is 0.890. The molecule has 0 aliphatic heterocycles. The average molecular weight is 373 g/mol. The number of carbonyl (C=O) groups excluding carboxylic acids is 1. The lowest BCUT2D eigenvalue weighted by atomic mass is 10.1. The molecule has 108 valence electrons. The maximum Gasteiger partial charge on any atom is 0.205 e. The van der Waals surface area contributed by atoms with Crippen LogP contribution in [0.15, 0.2) is 34.8 Å². The van der Waals surface area contributed by atoms with Gasteiger partial charge in [0.25, 0.3) is 0 Å². The number of fused-ring (bicyclic) bond motifs is 1. The van der Waals surface area contributed by atoms with E-state index in [2.05, 4.69) is 20.9 Å². The zero-order valence-corrected chi connectivity index (χ0v) is 13.5. The zero-order valence-electron chi connectivity index (χ0n) is 11.1. The van der Waals surface area contributed by atoms with Crippen LogP contribution >= 0.6 is 27.3 Å². The van der Waals surface area contributed by atoms with Gasteiger partial charge >= 0.3 is 0 Å². The number of pyridine rings is 1. The monoisotopic (exact) mass is 372 g/mol. The molecule has 0 atom stereocenters. The van der Waals surface area contributed by atoms with E-state index < -0.39 is 0 Å². The number of rotatable bonds is 2. The highest BCUT2D eigenvalue weighted by molar-refractivity contribution is 9.10. The maximum atomic E-state index is 12.6. The Morgan fingerprint density at radius 3 is 2.59 bits per heavy atom. The summed E-state index contributed by atoms with van der Waals surface area (Å²) in [5, 5.41) is 9.59. The van der Waals surface area contributed by atoms with Crippen molar-refractivity contribution in [3.05, 3.63) is 50.8 Å². The van der Waals surface area contributed by atoms with Crippen molar-refractivity contribution in [1.82, 2.24) is 4.98 Å². The molecular formula is C15H9BrN4OS. The SMILES string of the molecule is N#Cc1cc2c(N)c(C(=O)c3ccc(Br)cc3)sc2nc1N. The van der Waals surface area contributed by atoms with Crippen LogP contribution in [0.25, 0.3) is 10.2 Å². The molecule has 0 fully saturated rings. The Morgan fingerprint density at radius 1 is 1.27 bits per heavy atom. The first-order valence-corrected chi connectivity index (χ1v) is 7.81. The average Bonchev–Trinajstić information content (AvgIpc) is 2.82. The Kier molecular flexibility index (Phi) is 3.56. The van der Waals surface area contributed by atoms with Crippen molar-refractivity contribution < 1.29 is 4.79 Å². The molecule has 22 heavy (non-hydrogen) atoms. The molecule has 4 N–H and O–H groups in total. The van der Waals surface area contributed by atoms with Crippen LogP contribution in [-0.2, 0) is 0 Å². The molecule has 0 amide bonds. The van der Waals surface area contributed by atoms with Gasteiger partial charge < -0.3 is 11.5 Å². The van der Waals surface area contributed by atoms with Crippen molar-refractivity contribution in [1.29, 1.82) is 5.26 Å². The van der Waals surface area contributed by atoms with Gasteiger partial charge in [-0.1, -0.05) is 15.9 Å². The molecule has 0 bridgehead atoms. The fourth-order valence-corrected chi connectivity index (χ4v) is 3.36. The number of nitrogens with two attached hydrogens (primary N) is 2. The summed E-state index contributed by atoms with van der Waals surface area (Å²) in [5.41, 5.74) is 12.9.